The van der Waals surface area contributed by atoms with Crippen molar-refractivity contribution in [2.24, 2.45) is 0 Å². The van der Waals surface area contributed by atoms with Crippen LogP contribution in [0.4, 0.5) is 0 Å². The first-order chi connectivity index (χ1) is 9.60. The Balaban J connectivity index is 3.07. The summed E-state index contributed by atoms with van der Waals surface area (Å²) in [6.07, 6.45) is 5.61. The van der Waals surface area contributed by atoms with Gasteiger partial charge in [-0.3, -0.25) is 0 Å². The van der Waals surface area contributed by atoms with Gasteiger partial charge in [-0.25, -0.2) is 4.79 Å². The van der Waals surface area contributed by atoms with E-state index in [0.717, 1.165) is 24.8 Å². The van der Waals surface area contributed by atoms with Gasteiger partial charge in [-0.2, -0.15) is 0 Å². The molecule has 1 rings (SSSR count). The van der Waals surface area contributed by atoms with Crippen molar-refractivity contribution in [3.05, 3.63) is 11.1 Å². The molecule has 0 amide bonds. The number of ether oxygens (including phenoxy) is 1. The minimum atomic E-state index is -1.83. The van der Waals surface area contributed by atoms with Crippen molar-refractivity contribution in [1.29, 1.82) is 0 Å². The van der Waals surface area contributed by atoms with Gasteiger partial charge >= 0.3 is 5.97 Å². The summed E-state index contributed by atoms with van der Waals surface area (Å²) in [7, 11) is -0.382. The molecule has 0 heterocycles. The van der Waals surface area contributed by atoms with Crippen LogP contribution < -0.4 is 0 Å². The summed E-state index contributed by atoms with van der Waals surface area (Å²) in [5.74, 6) is -0.212. The van der Waals surface area contributed by atoms with Crippen molar-refractivity contribution < 1.29 is 14.0 Å². The first-order valence-electron chi connectivity index (χ1n) is 8.06. The van der Waals surface area contributed by atoms with Crippen molar-refractivity contribution in [2.75, 3.05) is 7.11 Å². The van der Waals surface area contributed by atoms with E-state index in [-0.39, 0.29) is 17.1 Å². The minimum Gasteiger partial charge on any atom is -0.466 e. The highest BCUT2D eigenvalue weighted by Gasteiger charge is 2.40. The SMILES string of the molecule is COC(=O)/C(C)=C1/CCCCCC1O[Si](C)(C)C(C)(C)C. The van der Waals surface area contributed by atoms with Gasteiger partial charge in [-0.1, -0.05) is 33.6 Å². The molecule has 0 spiro atoms. The fraction of sp³-hybridized carbons (Fsp3) is 0.824. The predicted molar refractivity (Wildman–Crippen MR) is 89.9 cm³/mol. The second kappa shape index (κ2) is 7.10. The third-order valence-corrected chi connectivity index (χ3v) is 9.50. The van der Waals surface area contributed by atoms with Crippen molar-refractivity contribution >= 4 is 14.3 Å². The zero-order chi connectivity index (χ0) is 16.3. The average molecular weight is 313 g/mol. The number of methoxy groups -OCH3 is 1. The van der Waals surface area contributed by atoms with E-state index in [1.165, 1.54) is 25.5 Å². The summed E-state index contributed by atoms with van der Waals surface area (Å²) in [4.78, 5) is 11.9. The van der Waals surface area contributed by atoms with Crippen LogP contribution in [0.5, 0.6) is 0 Å². The van der Waals surface area contributed by atoms with E-state index in [0.29, 0.717) is 0 Å². The van der Waals surface area contributed by atoms with Crippen LogP contribution in [0.15, 0.2) is 11.1 Å². The fourth-order valence-electron chi connectivity index (χ4n) is 2.53. The van der Waals surface area contributed by atoms with Crippen molar-refractivity contribution in [3.63, 3.8) is 0 Å². The Hall–Kier alpha value is -0.613. The van der Waals surface area contributed by atoms with Crippen molar-refractivity contribution in [2.45, 2.75) is 84.0 Å². The Morgan fingerprint density at radius 2 is 1.81 bits per heavy atom. The standard InChI is InChI=1S/C17H32O3Si/c1-13(16(18)19-5)14-11-9-8-10-12-15(14)20-21(6,7)17(2,3)4/h15H,8-12H2,1-7H3/b14-13-. The van der Waals surface area contributed by atoms with Crippen LogP contribution in [0.1, 0.15) is 59.8 Å². The first-order valence-corrected chi connectivity index (χ1v) is 11.0. The second-order valence-electron chi connectivity index (χ2n) is 7.61. The molecule has 1 fully saturated rings. The molecule has 1 atom stereocenters. The molecule has 0 aromatic rings. The highest BCUT2D eigenvalue weighted by atomic mass is 28.4. The van der Waals surface area contributed by atoms with Crippen LogP contribution in [0.25, 0.3) is 0 Å². The monoisotopic (exact) mass is 312 g/mol. The number of hydrogen-bond donors (Lipinski definition) is 0. The topological polar surface area (TPSA) is 35.5 Å². The quantitative estimate of drug-likeness (QED) is 0.324. The Kier molecular flexibility index (Phi) is 6.23. The smallest absolute Gasteiger partial charge is 0.333 e. The molecule has 1 aliphatic carbocycles. The van der Waals surface area contributed by atoms with Gasteiger partial charge in [0.1, 0.15) is 0 Å². The molecule has 122 valence electrons. The molecule has 21 heavy (non-hydrogen) atoms. The van der Waals surface area contributed by atoms with Crippen LogP contribution in [0.3, 0.4) is 0 Å². The summed E-state index contributed by atoms with van der Waals surface area (Å²) in [6.45, 7) is 13.2. The third kappa shape index (κ3) is 4.68. The average Bonchev–Trinajstić information content (AvgIpc) is 2.60. The van der Waals surface area contributed by atoms with E-state index in [4.69, 9.17) is 9.16 Å². The lowest BCUT2D eigenvalue weighted by atomic mass is 9.99. The highest BCUT2D eigenvalue weighted by molar-refractivity contribution is 6.74. The molecule has 0 radical (unpaired) electrons. The van der Waals surface area contributed by atoms with Crippen LogP contribution in [0.2, 0.25) is 18.1 Å². The Morgan fingerprint density at radius 1 is 1.19 bits per heavy atom. The van der Waals surface area contributed by atoms with E-state index in [1.54, 1.807) is 0 Å². The second-order valence-corrected chi connectivity index (χ2v) is 12.4. The molecule has 0 aromatic carbocycles. The first kappa shape index (κ1) is 18.4. The fourth-order valence-corrected chi connectivity index (χ4v) is 3.86. The summed E-state index contributed by atoms with van der Waals surface area (Å²) >= 11 is 0. The number of carbonyl (C=O) groups is 1. The van der Waals surface area contributed by atoms with Gasteiger partial charge in [0.05, 0.1) is 13.2 Å². The summed E-state index contributed by atoms with van der Waals surface area (Å²) in [5, 5.41) is 0.184. The van der Waals surface area contributed by atoms with Gasteiger partial charge in [0.15, 0.2) is 8.32 Å². The van der Waals surface area contributed by atoms with Gasteiger partial charge < -0.3 is 9.16 Å². The normalized spacial score (nSPS) is 23.5. The molecule has 0 aromatic heterocycles. The van der Waals surface area contributed by atoms with E-state index in [2.05, 4.69) is 33.9 Å². The molecule has 3 nitrogen and oxygen atoms in total. The van der Waals surface area contributed by atoms with E-state index in [9.17, 15) is 4.79 Å². The number of carbonyl (C=O) groups excluding carboxylic acids is 1. The molecule has 0 aliphatic heterocycles. The molecule has 1 saturated carbocycles. The molecule has 1 unspecified atom stereocenters. The largest absolute Gasteiger partial charge is 0.466 e. The maximum Gasteiger partial charge on any atom is 0.333 e. The Bertz CT molecular complexity index is 405. The lowest BCUT2D eigenvalue weighted by Gasteiger charge is -2.40. The third-order valence-electron chi connectivity index (χ3n) is 5.02. The van der Waals surface area contributed by atoms with Crippen molar-refractivity contribution in [3.8, 4) is 0 Å². The number of hydrogen-bond acceptors (Lipinski definition) is 3. The van der Waals surface area contributed by atoms with Crippen LogP contribution in [0, 0.1) is 0 Å². The lowest BCUT2D eigenvalue weighted by molar-refractivity contribution is -0.136. The van der Waals surface area contributed by atoms with Gasteiger partial charge in [-0.05, 0) is 49.9 Å². The minimum absolute atomic E-state index is 0.0903. The van der Waals surface area contributed by atoms with E-state index >= 15 is 0 Å². The molecule has 0 saturated heterocycles. The zero-order valence-electron chi connectivity index (χ0n) is 14.8. The lowest BCUT2D eigenvalue weighted by Crippen LogP contribution is -2.44. The van der Waals surface area contributed by atoms with Crippen LogP contribution in [-0.4, -0.2) is 27.5 Å². The van der Waals surface area contributed by atoms with Gasteiger partial charge in [0.2, 0.25) is 0 Å². The number of rotatable bonds is 3. The van der Waals surface area contributed by atoms with Crippen LogP contribution >= 0.6 is 0 Å². The van der Waals surface area contributed by atoms with Crippen molar-refractivity contribution in [1.82, 2.24) is 0 Å². The van der Waals surface area contributed by atoms with Gasteiger partial charge in [0.25, 0.3) is 0 Å². The Labute approximate surface area is 131 Å². The maximum absolute atomic E-state index is 11.9. The maximum atomic E-state index is 11.9. The Morgan fingerprint density at radius 3 is 2.33 bits per heavy atom. The zero-order valence-corrected chi connectivity index (χ0v) is 15.8. The van der Waals surface area contributed by atoms with Gasteiger partial charge in [-0.15, -0.1) is 0 Å². The molecule has 1 aliphatic rings. The van der Waals surface area contributed by atoms with E-state index in [1.807, 2.05) is 6.92 Å². The summed E-state index contributed by atoms with van der Waals surface area (Å²) in [6, 6.07) is 0. The summed E-state index contributed by atoms with van der Waals surface area (Å²) < 4.78 is 11.5. The van der Waals surface area contributed by atoms with E-state index < -0.39 is 8.32 Å². The summed E-state index contributed by atoms with van der Waals surface area (Å²) in [5.41, 5.74) is 1.92. The predicted octanol–water partition coefficient (Wildman–Crippen LogP) is 4.83. The molecule has 0 bridgehead atoms. The molecule has 0 N–H and O–H groups in total. The highest BCUT2D eigenvalue weighted by Crippen LogP contribution is 2.40. The van der Waals surface area contributed by atoms with Gasteiger partial charge in [0, 0.05) is 5.57 Å². The molecular weight excluding hydrogens is 280 g/mol. The molecular formula is C17H32O3Si. The van der Waals surface area contributed by atoms with Crippen LogP contribution in [-0.2, 0) is 14.0 Å². The molecule has 4 heteroatoms. The number of esters is 1.